The summed E-state index contributed by atoms with van der Waals surface area (Å²) in [7, 11) is 0. The lowest BCUT2D eigenvalue weighted by Gasteiger charge is -2.17. The van der Waals surface area contributed by atoms with E-state index >= 15 is 0 Å². The van der Waals surface area contributed by atoms with Crippen molar-refractivity contribution in [1.82, 2.24) is 10.3 Å². The van der Waals surface area contributed by atoms with Crippen LogP contribution in [-0.4, -0.2) is 28.0 Å². The molecule has 1 rings (SSSR count). The van der Waals surface area contributed by atoms with Gasteiger partial charge in [0.2, 0.25) is 0 Å². The van der Waals surface area contributed by atoms with Crippen molar-refractivity contribution in [2.45, 2.75) is 19.9 Å². The Morgan fingerprint density at radius 2 is 2.12 bits per heavy atom. The number of hydrogen-bond acceptors (Lipinski definition) is 3. The topological polar surface area (TPSA) is 79.3 Å². The number of pyridine rings is 1. The molecule has 2 atom stereocenters. The largest absolute Gasteiger partial charge is 0.481 e. The minimum absolute atomic E-state index is 0.247. The number of hydrogen-bond donors (Lipinski definition) is 2. The number of carbonyl (C=O) groups excluding carboxylic acids is 1. The molecule has 0 aliphatic carbocycles. The molecular formula is C11H13BrN2O3. The highest BCUT2D eigenvalue weighted by atomic mass is 79.9. The van der Waals surface area contributed by atoms with E-state index in [1.165, 1.54) is 6.20 Å². The number of aromatic nitrogens is 1. The summed E-state index contributed by atoms with van der Waals surface area (Å²) >= 11 is 3.21. The summed E-state index contributed by atoms with van der Waals surface area (Å²) in [4.78, 5) is 26.5. The van der Waals surface area contributed by atoms with Crippen molar-refractivity contribution < 1.29 is 14.7 Å². The molecule has 17 heavy (non-hydrogen) atoms. The van der Waals surface area contributed by atoms with Crippen LogP contribution in [0.4, 0.5) is 0 Å². The number of carboxylic acids is 1. The van der Waals surface area contributed by atoms with E-state index in [0.717, 1.165) is 0 Å². The molecule has 0 saturated heterocycles. The second kappa shape index (κ2) is 5.77. The predicted molar refractivity (Wildman–Crippen MR) is 65.7 cm³/mol. The van der Waals surface area contributed by atoms with Crippen molar-refractivity contribution in [3.63, 3.8) is 0 Å². The Hall–Kier alpha value is -1.43. The Labute approximate surface area is 107 Å². The minimum Gasteiger partial charge on any atom is -0.481 e. The van der Waals surface area contributed by atoms with Crippen LogP contribution >= 0.6 is 15.9 Å². The number of halogens is 1. The van der Waals surface area contributed by atoms with Crippen molar-refractivity contribution in [1.29, 1.82) is 0 Å². The first-order chi connectivity index (χ1) is 7.93. The average molecular weight is 301 g/mol. The van der Waals surface area contributed by atoms with Gasteiger partial charge in [0.25, 0.3) is 5.91 Å². The lowest BCUT2D eigenvalue weighted by molar-refractivity contribution is -0.141. The van der Waals surface area contributed by atoms with Gasteiger partial charge in [-0.05, 0) is 41.9 Å². The molecule has 0 aliphatic rings. The zero-order valence-corrected chi connectivity index (χ0v) is 11.1. The van der Waals surface area contributed by atoms with Crippen LogP contribution in [0.2, 0.25) is 0 Å². The Balaban J connectivity index is 2.74. The maximum Gasteiger partial charge on any atom is 0.308 e. The lowest BCUT2D eigenvalue weighted by Crippen LogP contribution is -2.40. The van der Waals surface area contributed by atoms with Gasteiger partial charge in [-0.3, -0.25) is 9.59 Å². The molecule has 0 bridgehead atoms. The highest BCUT2D eigenvalue weighted by Crippen LogP contribution is 2.13. The Morgan fingerprint density at radius 1 is 1.47 bits per heavy atom. The molecule has 0 spiro atoms. The number of rotatable bonds is 4. The van der Waals surface area contributed by atoms with Gasteiger partial charge in [-0.2, -0.15) is 0 Å². The van der Waals surface area contributed by atoms with Gasteiger partial charge in [-0.1, -0.05) is 0 Å². The third kappa shape index (κ3) is 3.52. The van der Waals surface area contributed by atoms with Gasteiger partial charge in [0.15, 0.2) is 0 Å². The van der Waals surface area contributed by atoms with Crippen LogP contribution in [0.3, 0.4) is 0 Å². The van der Waals surface area contributed by atoms with E-state index in [0.29, 0.717) is 4.47 Å². The molecule has 1 aromatic heterocycles. The fourth-order valence-electron chi connectivity index (χ4n) is 1.17. The molecule has 0 aliphatic heterocycles. The van der Waals surface area contributed by atoms with Crippen LogP contribution in [0, 0.1) is 5.92 Å². The second-order valence-electron chi connectivity index (χ2n) is 3.72. The lowest BCUT2D eigenvalue weighted by atomic mass is 10.0. The molecule has 0 saturated carbocycles. The molecule has 2 N–H and O–H groups in total. The number of aliphatic carboxylic acids is 1. The van der Waals surface area contributed by atoms with Crippen LogP contribution in [0.25, 0.3) is 0 Å². The first kappa shape index (κ1) is 13.6. The molecule has 2 unspecified atom stereocenters. The van der Waals surface area contributed by atoms with Gasteiger partial charge >= 0.3 is 5.97 Å². The zero-order valence-electron chi connectivity index (χ0n) is 9.48. The summed E-state index contributed by atoms with van der Waals surface area (Å²) in [5.41, 5.74) is 0.247. The smallest absolute Gasteiger partial charge is 0.308 e. The number of nitrogens with zero attached hydrogens (tertiary/aromatic N) is 1. The molecule has 92 valence electrons. The van der Waals surface area contributed by atoms with E-state index in [2.05, 4.69) is 26.2 Å². The van der Waals surface area contributed by atoms with Crippen LogP contribution in [0.15, 0.2) is 22.8 Å². The van der Waals surface area contributed by atoms with Crippen LogP contribution in [-0.2, 0) is 4.79 Å². The maximum atomic E-state index is 11.8. The molecule has 0 aromatic carbocycles. The van der Waals surface area contributed by atoms with Gasteiger partial charge in [-0.25, -0.2) is 4.98 Å². The van der Waals surface area contributed by atoms with E-state index in [9.17, 15) is 9.59 Å². The fourth-order valence-corrected chi connectivity index (χ4v) is 1.60. The van der Waals surface area contributed by atoms with Gasteiger partial charge in [0.1, 0.15) is 5.69 Å². The third-order valence-electron chi connectivity index (χ3n) is 2.47. The first-order valence-electron chi connectivity index (χ1n) is 5.07. The molecule has 0 fully saturated rings. The number of nitrogens with one attached hydrogen (secondary N) is 1. The van der Waals surface area contributed by atoms with Gasteiger partial charge < -0.3 is 10.4 Å². The normalized spacial score (nSPS) is 13.8. The van der Waals surface area contributed by atoms with Crippen molar-refractivity contribution in [3.05, 3.63) is 28.5 Å². The summed E-state index contributed by atoms with van der Waals surface area (Å²) in [5, 5.41) is 11.4. The zero-order chi connectivity index (χ0) is 13.0. The third-order valence-corrected chi connectivity index (χ3v) is 3.11. The standard InChI is InChI=1S/C11H13BrN2O3/c1-6(11(16)17)7(2)14-10(15)9-8(12)4-3-5-13-9/h3-7H,1-2H3,(H,14,15)(H,16,17). The average Bonchev–Trinajstić information content (AvgIpc) is 2.28. The maximum absolute atomic E-state index is 11.8. The highest BCUT2D eigenvalue weighted by molar-refractivity contribution is 9.10. The molecule has 1 amide bonds. The summed E-state index contributed by atoms with van der Waals surface area (Å²) in [6, 6.07) is 2.94. The first-order valence-corrected chi connectivity index (χ1v) is 5.87. The fraction of sp³-hybridized carbons (Fsp3) is 0.364. The van der Waals surface area contributed by atoms with Gasteiger partial charge in [0, 0.05) is 16.7 Å². The number of carbonyl (C=O) groups is 2. The summed E-state index contributed by atoms with van der Waals surface area (Å²) < 4.78 is 0.577. The van der Waals surface area contributed by atoms with E-state index in [-0.39, 0.29) is 5.69 Å². The summed E-state index contributed by atoms with van der Waals surface area (Å²) in [5.74, 6) is -1.99. The summed E-state index contributed by atoms with van der Waals surface area (Å²) in [6.07, 6.45) is 1.50. The van der Waals surface area contributed by atoms with Crippen molar-refractivity contribution in [2.24, 2.45) is 5.92 Å². The molecular weight excluding hydrogens is 288 g/mol. The molecule has 0 radical (unpaired) electrons. The monoisotopic (exact) mass is 300 g/mol. The summed E-state index contributed by atoms with van der Waals surface area (Å²) in [6.45, 7) is 3.19. The Bertz CT molecular complexity index is 436. The van der Waals surface area contributed by atoms with Gasteiger partial charge in [0.05, 0.1) is 5.92 Å². The predicted octanol–water partition coefficient (Wildman–Crippen LogP) is 1.68. The molecule has 1 aromatic rings. The molecule has 1 heterocycles. The molecule has 5 nitrogen and oxygen atoms in total. The highest BCUT2D eigenvalue weighted by Gasteiger charge is 2.22. The number of carboxylic acid groups (broad SMARTS) is 1. The quantitative estimate of drug-likeness (QED) is 0.887. The van der Waals surface area contributed by atoms with Crippen LogP contribution < -0.4 is 5.32 Å². The van der Waals surface area contributed by atoms with E-state index < -0.39 is 23.8 Å². The van der Waals surface area contributed by atoms with E-state index in [1.807, 2.05) is 0 Å². The SMILES string of the molecule is CC(NC(=O)c1ncccc1Br)C(C)C(=O)O. The van der Waals surface area contributed by atoms with Crippen molar-refractivity contribution >= 4 is 27.8 Å². The van der Waals surface area contributed by atoms with E-state index in [4.69, 9.17) is 5.11 Å². The Kier molecular flexibility index (Phi) is 4.62. The Morgan fingerprint density at radius 3 is 2.65 bits per heavy atom. The van der Waals surface area contributed by atoms with Gasteiger partial charge in [-0.15, -0.1) is 0 Å². The molecule has 6 heteroatoms. The number of amides is 1. The van der Waals surface area contributed by atoms with Crippen LogP contribution in [0.5, 0.6) is 0 Å². The minimum atomic E-state index is -0.946. The van der Waals surface area contributed by atoms with Crippen molar-refractivity contribution in [3.8, 4) is 0 Å². The van der Waals surface area contributed by atoms with Crippen molar-refractivity contribution in [2.75, 3.05) is 0 Å². The van der Waals surface area contributed by atoms with E-state index in [1.54, 1.807) is 26.0 Å². The second-order valence-corrected chi connectivity index (χ2v) is 4.58. The van der Waals surface area contributed by atoms with Crippen LogP contribution in [0.1, 0.15) is 24.3 Å².